The Labute approximate surface area is 183 Å². The molecule has 4 aromatic rings. The molecule has 2 aliphatic heterocycles. The Bertz CT molecular complexity index is 1360. The van der Waals surface area contributed by atoms with Gasteiger partial charge in [0.15, 0.2) is 17.3 Å². The minimum atomic E-state index is -0.388. The fourth-order valence-corrected chi connectivity index (χ4v) is 4.34. The van der Waals surface area contributed by atoms with Gasteiger partial charge < -0.3 is 15.2 Å². The van der Waals surface area contributed by atoms with Crippen LogP contribution >= 0.6 is 0 Å². The Kier molecular flexibility index (Phi) is 4.45. The van der Waals surface area contributed by atoms with Crippen LogP contribution in [-0.4, -0.2) is 48.1 Å². The van der Waals surface area contributed by atoms with Crippen LogP contribution in [0.15, 0.2) is 49.1 Å². The van der Waals surface area contributed by atoms with Crippen molar-refractivity contribution in [3.8, 4) is 22.6 Å². The highest BCUT2D eigenvalue weighted by Crippen LogP contribution is 2.34. The lowest BCUT2D eigenvalue weighted by atomic mass is 10.1. The first-order valence-corrected chi connectivity index (χ1v) is 10.7. The van der Waals surface area contributed by atoms with E-state index in [1.54, 1.807) is 12.4 Å². The molecule has 0 radical (unpaired) electrons. The predicted octanol–water partition coefficient (Wildman–Crippen LogP) is 4.32. The third-order valence-corrected chi connectivity index (χ3v) is 5.91. The summed E-state index contributed by atoms with van der Waals surface area (Å²) in [7, 11) is 0. The minimum Gasteiger partial charge on any atom is -0.370 e. The topological polar surface area (TPSA) is 98.4 Å². The highest BCUT2D eigenvalue weighted by atomic mass is 19.1. The van der Waals surface area contributed by atoms with Crippen LogP contribution in [-0.2, 0) is 0 Å². The molecule has 160 valence electrons. The van der Waals surface area contributed by atoms with Gasteiger partial charge in [0.05, 0.1) is 17.3 Å². The lowest BCUT2D eigenvalue weighted by Crippen LogP contribution is -2.28. The number of hydrogen-bond donors (Lipinski definition) is 3. The molecule has 8 nitrogen and oxygen atoms in total. The van der Waals surface area contributed by atoms with Crippen molar-refractivity contribution in [1.29, 1.82) is 0 Å². The fraction of sp³-hybridized carbons (Fsp3) is 0.217. The number of nitrogens with one attached hydrogen (secondary N) is 3. The van der Waals surface area contributed by atoms with Gasteiger partial charge in [0, 0.05) is 42.8 Å². The zero-order valence-electron chi connectivity index (χ0n) is 17.3. The molecule has 0 bridgehead atoms. The predicted molar refractivity (Wildman–Crippen MR) is 121 cm³/mol. The number of anilines is 1. The first-order chi connectivity index (χ1) is 15.8. The Morgan fingerprint density at radius 2 is 1.84 bits per heavy atom. The molecule has 9 heteroatoms. The summed E-state index contributed by atoms with van der Waals surface area (Å²) in [6, 6.07) is 3.37. The molecule has 0 amide bonds. The van der Waals surface area contributed by atoms with Crippen LogP contribution < -0.4 is 5.32 Å². The number of H-pyrrole nitrogens is 2. The Morgan fingerprint density at radius 1 is 0.969 bits per heavy atom. The smallest absolute Gasteiger partial charge is 0.181 e. The van der Waals surface area contributed by atoms with Crippen molar-refractivity contribution in [2.24, 2.45) is 0 Å². The van der Waals surface area contributed by atoms with Gasteiger partial charge in [-0.05, 0) is 43.5 Å². The number of piperidine rings is 1. The van der Waals surface area contributed by atoms with Crippen LogP contribution in [0.5, 0.6) is 0 Å². The number of nitrogens with zero attached hydrogens (tertiary/aromatic N) is 5. The second-order valence-electron chi connectivity index (χ2n) is 8.00. The number of allylic oxidation sites excluding steroid dienone is 2. The lowest BCUT2D eigenvalue weighted by Gasteiger charge is -2.30. The van der Waals surface area contributed by atoms with Crippen LogP contribution in [0.1, 0.15) is 25.0 Å². The van der Waals surface area contributed by atoms with Crippen molar-refractivity contribution in [3.05, 3.63) is 60.6 Å². The molecule has 0 unspecified atom stereocenters. The molecule has 2 aliphatic rings. The molecule has 0 spiro atoms. The molecule has 6 heterocycles. The second kappa shape index (κ2) is 7.60. The average molecular weight is 428 g/mol. The monoisotopic (exact) mass is 428 g/mol. The second-order valence-corrected chi connectivity index (χ2v) is 8.00. The molecule has 3 N–H and O–H groups in total. The molecule has 0 atom stereocenters. The van der Waals surface area contributed by atoms with E-state index in [1.165, 1.54) is 31.5 Å². The number of halogens is 1. The molecule has 1 saturated heterocycles. The van der Waals surface area contributed by atoms with Crippen LogP contribution in [0.25, 0.3) is 39.4 Å². The molecule has 0 aliphatic carbocycles. The Balaban J connectivity index is 1.43. The van der Waals surface area contributed by atoms with E-state index in [9.17, 15) is 4.39 Å². The van der Waals surface area contributed by atoms with E-state index in [2.05, 4.69) is 41.4 Å². The zero-order valence-corrected chi connectivity index (χ0v) is 17.3. The fourth-order valence-electron chi connectivity index (χ4n) is 4.34. The summed E-state index contributed by atoms with van der Waals surface area (Å²) in [5.74, 6) is 1.05. The summed E-state index contributed by atoms with van der Waals surface area (Å²) >= 11 is 0. The van der Waals surface area contributed by atoms with Crippen LogP contribution in [0.2, 0.25) is 0 Å². The third kappa shape index (κ3) is 3.22. The van der Waals surface area contributed by atoms with Gasteiger partial charge in [0.2, 0.25) is 0 Å². The normalized spacial score (nSPS) is 15.9. The number of rotatable bonds is 3. The van der Waals surface area contributed by atoms with E-state index in [1.807, 2.05) is 18.3 Å². The molecule has 4 aromatic heterocycles. The van der Waals surface area contributed by atoms with Crippen molar-refractivity contribution >= 4 is 22.5 Å². The summed E-state index contributed by atoms with van der Waals surface area (Å²) in [5, 5.41) is 11.5. The van der Waals surface area contributed by atoms with Gasteiger partial charge in [0.1, 0.15) is 17.2 Å². The number of aromatic nitrogens is 6. The quantitative estimate of drug-likeness (QED) is 0.450. The number of imidazole rings is 1. The number of pyridine rings is 2. The average Bonchev–Trinajstić information content (AvgIpc) is 3.38. The number of aromatic amines is 2. The molecule has 1 fully saturated rings. The van der Waals surface area contributed by atoms with Crippen molar-refractivity contribution in [1.82, 2.24) is 35.0 Å². The lowest BCUT2D eigenvalue weighted by molar-refractivity contribution is 0.325. The van der Waals surface area contributed by atoms with Gasteiger partial charge in [-0.1, -0.05) is 0 Å². The molecule has 6 rings (SSSR count). The van der Waals surface area contributed by atoms with Gasteiger partial charge in [-0.3, -0.25) is 10.1 Å². The van der Waals surface area contributed by atoms with Gasteiger partial charge in [-0.2, -0.15) is 5.10 Å². The Morgan fingerprint density at radius 3 is 2.72 bits per heavy atom. The van der Waals surface area contributed by atoms with Gasteiger partial charge in [-0.25, -0.2) is 14.4 Å². The molecular formula is C23H21FN8. The van der Waals surface area contributed by atoms with Crippen LogP contribution in [0.4, 0.5) is 10.2 Å². The third-order valence-electron chi connectivity index (χ3n) is 5.91. The van der Waals surface area contributed by atoms with Crippen molar-refractivity contribution in [3.63, 3.8) is 0 Å². The van der Waals surface area contributed by atoms with E-state index in [-0.39, 0.29) is 5.82 Å². The highest BCUT2D eigenvalue weighted by molar-refractivity contribution is 5.92. The van der Waals surface area contributed by atoms with Crippen LogP contribution in [0.3, 0.4) is 0 Å². The number of hydrogen-bond acceptors (Lipinski definition) is 6. The largest absolute Gasteiger partial charge is 0.370 e. The maximum atomic E-state index is 13.7. The van der Waals surface area contributed by atoms with E-state index in [0.717, 1.165) is 46.9 Å². The SMILES string of the molecule is Fc1cncc(-c2cnc3n[nH]c(-c4nc5c([nH]4)C(N4CCCCC4)=CC=CN5)c3c2)c1. The first kappa shape index (κ1) is 18.7. The molecule has 0 saturated carbocycles. The Hall–Kier alpha value is -4.01. The maximum absolute atomic E-state index is 13.7. The molecule has 0 aromatic carbocycles. The first-order valence-electron chi connectivity index (χ1n) is 10.7. The summed E-state index contributed by atoms with van der Waals surface area (Å²) in [6.45, 7) is 2.07. The summed E-state index contributed by atoms with van der Waals surface area (Å²) < 4.78 is 13.7. The number of fused-ring (bicyclic) bond motifs is 2. The van der Waals surface area contributed by atoms with E-state index < -0.39 is 0 Å². The van der Waals surface area contributed by atoms with Crippen LogP contribution in [0, 0.1) is 5.82 Å². The van der Waals surface area contributed by atoms with E-state index in [4.69, 9.17) is 4.98 Å². The summed E-state index contributed by atoms with van der Waals surface area (Å²) in [4.78, 5) is 19.1. The van der Waals surface area contributed by atoms with E-state index >= 15 is 0 Å². The summed E-state index contributed by atoms with van der Waals surface area (Å²) in [6.07, 6.45) is 14.2. The standard InChI is InChI=1S/C23H21FN8/c24-16-9-14(11-25-13-16)15-10-17-19(30-31-21(17)27-12-15)23-28-20-18(32-7-2-1-3-8-32)5-4-6-26-22(20)29-23/h4-6,9-13,26H,1-3,7-8H2,(H,28,29)(H,27,30,31). The highest BCUT2D eigenvalue weighted by Gasteiger charge is 2.23. The molecule has 32 heavy (non-hydrogen) atoms. The number of likely N-dealkylation sites (tertiary alicyclic amines) is 1. The van der Waals surface area contributed by atoms with E-state index in [0.29, 0.717) is 17.0 Å². The van der Waals surface area contributed by atoms with Crippen molar-refractivity contribution in [2.45, 2.75) is 19.3 Å². The van der Waals surface area contributed by atoms with Gasteiger partial charge in [0.25, 0.3) is 0 Å². The van der Waals surface area contributed by atoms with Crippen molar-refractivity contribution < 1.29 is 4.39 Å². The molecular weight excluding hydrogens is 407 g/mol. The van der Waals surface area contributed by atoms with Gasteiger partial charge in [-0.15, -0.1) is 0 Å². The minimum absolute atomic E-state index is 0.388. The zero-order chi connectivity index (χ0) is 21.5. The maximum Gasteiger partial charge on any atom is 0.181 e. The van der Waals surface area contributed by atoms with Gasteiger partial charge >= 0.3 is 0 Å². The summed E-state index contributed by atoms with van der Waals surface area (Å²) in [5.41, 5.74) is 4.80. The van der Waals surface area contributed by atoms with Crippen molar-refractivity contribution in [2.75, 3.05) is 18.4 Å².